The molecule has 0 spiro atoms. The molecule has 1 aromatic heterocycles. The first-order chi connectivity index (χ1) is 16.9. The number of hydrogen-bond acceptors (Lipinski definition) is 7. The van der Waals surface area contributed by atoms with Crippen LogP contribution in [0.1, 0.15) is 59.0 Å². The van der Waals surface area contributed by atoms with Crippen LogP contribution in [0.25, 0.3) is 11.4 Å². The Morgan fingerprint density at radius 1 is 0.971 bits per heavy atom. The van der Waals surface area contributed by atoms with E-state index < -0.39 is 0 Å². The number of ketones is 1. The van der Waals surface area contributed by atoms with Crippen molar-refractivity contribution in [2.24, 2.45) is 0 Å². The van der Waals surface area contributed by atoms with Gasteiger partial charge < -0.3 is 18.9 Å². The van der Waals surface area contributed by atoms with Crippen molar-refractivity contribution in [3.05, 3.63) is 59.0 Å². The third-order valence-corrected chi connectivity index (χ3v) is 6.68. The maximum absolute atomic E-state index is 12.7. The van der Waals surface area contributed by atoms with E-state index in [0.717, 1.165) is 29.5 Å². The number of aryl methyl sites for hydroxylation is 2. The number of ether oxygens (including phenoxy) is 2. The summed E-state index contributed by atoms with van der Waals surface area (Å²) in [6, 6.07) is 11.2. The fraction of sp³-hybridized carbons (Fsp3) is 0.407. The van der Waals surface area contributed by atoms with Crippen LogP contribution in [0, 0.1) is 13.8 Å². The third kappa shape index (κ3) is 5.53. The molecule has 8 heteroatoms. The lowest BCUT2D eigenvalue weighted by Gasteiger charge is -2.30. The van der Waals surface area contributed by atoms with Crippen LogP contribution in [0.2, 0.25) is 0 Å². The molecule has 2 aromatic carbocycles. The zero-order valence-electron chi connectivity index (χ0n) is 20.7. The molecule has 0 bridgehead atoms. The lowest BCUT2D eigenvalue weighted by atomic mass is 9.96. The van der Waals surface area contributed by atoms with Gasteiger partial charge >= 0.3 is 0 Å². The Kier molecular flexibility index (Phi) is 7.48. The number of nitrogens with zero attached hydrogens (tertiary/aromatic N) is 3. The van der Waals surface area contributed by atoms with Gasteiger partial charge in [-0.3, -0.25) is 9.59 Å². The van der Waals surface area contributed by atoms with Crippen LogP contribution in [0.5, 0.6) is 11.5 Å². The number of carbonyl (C=O) groups is 2. The van der Waals surface area contributed by atoms with Crippen molar-refractivity contribution in [2.45, 2.75) is 45.4 Å². The van der Waals surface area contributed by atoms with E-state index >= 15 is 0 Å². The topological polar surface area (TPSA) is 94.8 Å². The molecule has 1 fully saturated rings. The predicted molar refractivity (Wildman–Crippen MR) is 131 cm³/mol. The van der Waals surface area contributed by atoms with Crippen LogP contribution in [-0.4, -0.2) is 54.0 Å². The maximum Gasteiger partial charge on any atom is 0.230 e. The van der Waals surface area contributed by atoms with Gasteiger partial charge in [0.2, 0.25) is 17.6 Å². The van der Waals surface area contributed by atoms with Crippen LogP contribution in [0.4, 0.5) is 0 Å². The average Bonchev–Trinajstić information content (AvgIpc) is 3.38. The fourth-order valence-electron chi connectivity index (χ4n) is 4.31. The number of rotatable bonds is 8. The standard InChI is InChI=1S/C27H31N3O5/c1-17-5-6-20(15-18(17)2)22(31)8-10-25(32)30-13-11-19(12-14-30)27-28-26(29-35-27)21-7-9-23(33-3)24(16-21)34-4/h5-7,9,15-16,19H,8,10-14H2,1-4H3. The molecule has 2 heterocycles. The van der Waals surface area contributed by atoms with E-state index in [-0.39, 0.29) is 30.4 Å². The number of carbonyl (C=O) groups excluding carboxylic acids is 2. The number of benzene rings is 2. The van der Waals surface area contributed by atoms with Gasteiger partial charge in [-0.25, -0.2) is 0 Å². The van der Waals surface area contributed by atoms with Gasteiger partial charge in [-0.2, -0.15) is 4.98 Å². The molecule has 0 unspecified atom stereocenters. The van der Waals surface area contributed by atoms with Gasteiger partial charge in [0.25, 0.3) is 0 Å². The highest BCUT2D eigenvalue weighted by Gasteiger charge is 2.28. The van der Waals surface area contributed by atoms with Gasteiger partial charge in [0.05, 0.1) is 14.2 Å². The van der Waals surface area contributed by atoms with Crippen LogP contribution in [-0.2, 0) is 4.79 Å². The van der Waals surface area contributed by atoms with Crippen LogP contribution >= 0.6 is 0 Å². The summed E-state index contributed by atoms with van der Waals surface area (Å²) < 4.78 is 16.2. The molecular formula is C27H31N3O5. The second-order valence-electron chi connectivity index (χ2n) is 8.90. The van der Waals surface area contributed by atoms with E-state index in [2.05, 4.69) is 10.1 Å². The highest BCUT2D eigenvalue weighted by atomic mass is 16.5. The summed E-state index contributed by atoms with van der Waals surface area (Å²) in [5.74, 6) is 2.41. The zero-order valence-corrected chi connectivity index (χ0v) is 20.7. The second kappa shape index (κ2) is 10.7. The van der Waals surface area contributed by atoms with Gasteiger partial charge in [0.15, 0.2) is 17.3 Å². The number of methoxy groups -OCH3 is 2. The summed E-state index contributed by atoms with van der Waals surface area (Å²) in [5.41, 5.74) is 3.68. The van der Waals surface area contributed by atoms with Gasteiger partial charge in [0.1, 0.15) is 0 Å². The zero-order chi connectivity index (χ0) is 24.9. The quantitative estimate of drug-likeness (QED) is 0.433. The van der Waals surface area contributed by atoms with Crippen molar-refractivity contribution in [2.75, 3.05) is 27.3 Å². The molecule has 35 heavy (non-hydrogen) atoms. The van der Waals surface area contributed by atoms with Gasteiger partial charge in [-0.1, -0.05) is 17.3 Å². The largest absolute Gasteiger partial charge is 0.493 e. The summed E-state index contributed by atoms with van der Waals surface area (Å²) in [4.78, 5) is 31.6. The lowest BCUT2D eigenvalue weighted by Crippen LogP contribution is -2.38. The molecule has 1 amide bonds. The van der Waals surface area contributed by atoms with E-state index in [9.17, 15) is 9.59 Å². The fourth-order valence-corrected chi connectivity index (χ4v) is 4.31. The molecular weight excluding hydrogens is 446 g/mol. The normalized spacial score (nSPS) is 14.1. The van der Waals surface area contributed by atoms with Crippen molar-refractivity contribution in [3.8, 4) is 22.9 Å². The molecule has 1 aliphatic heterocycles. The predicted octanol–water partition coefficient (Wildman–Crippen LogP) is 4.74. The van der Waals surface area contributed by atoms with E-state index in [1.54, 1.807) is 20.3 Å². The highest BCUT2D eigenvalue weighted by molar-refractivity contribution is 5.98. The first-order valence-corrected chi connectivity index (χ1v) is 11.8. The summed E-state index contributed by atoms with van der Waals surface area (Å²) in [5, 5.41) is 4.14. The minimum atomic E-state index is 0.00453. The molecule has 0 radical (unpaired) electrons. The summed E-state index contributed by atoms with van der Waals surface area (Å²) in [6.07, 6.45) is 1.93. The first kappa shape index (κ1) is 24.4. The Morgan fingerprint density at radius 2 is 1.71 bits per heavy atom. The van der Waals surface area contributed by atoms with Crippen molar-refractivity contribution < 1.29 is 23.6 Å². The van der Waals surface area contributed by atoms with Crippen molar-refractivity contribution in [3.63, 3.8) is 0 Å². The van der Waals surface area contributed by atoms with E-state index in [1.165, 1.54) is 0 Å². The Morgan fingerprint density at radius 3 is 2.40 bits per heavy atom. The highest BCUT2D eigenvalue weighted by Crippen LogP contribution is 2.33. The smallest absolute Gasteiger partial charge is 0.230 e. The number of aromatic nitrogens is 2. The molecule has 4 rings (SSSR count). The van der Waals surface area contributed by atoms with Gasteiger partial charge in [-0.15, -0.1) is 0 Å². The third-order valence-electron chi connectivity index (χ3n) is 6.68. The summed E-state index contributed by atoms with van der Waals surface area (Å²) in [7, 11) is 3.17. The minimum absolute atomic E-state index is 0.00453. The molecule has 0 atom stereocenters. The van der Waals surface area contributed by atoms with Crippen molar-refractivity contribution in [1.82, 2.24) is 15.0 Å². The molecule has 0 saturated carbocycles. The van der Waals surface area contributed by atoms with Crippen LogP contribution < -0.4 is 9.47 Å². The van der Waals surface area contributed by atoms with Gasteiger partial charge in [-0.05, 0) is 62.1 Å². The molecule has 0 N–H and O–H groups in total. The number of likely N-dealkylation sites (tertiary alicyclic amines) is 1. The SMILES string of the molecule is COc1ccc(-c2noc(C3CCN(C(=O)CCC(=O)c4ccc(C)c(C)c4)CC3)n2)cc1OC. The summed E-state index contributed by atoms with van der Waals surface area (Å²) >= 11 is 0. The van der Waals surface area contributed by atoms with Crippen molar-refractivity contribution >= 4 is 11.7 Å². The van der Waals surface area contributed by atoms with E-state index in [4.69, 9.17) is 14.0 Å². The second-order valence-corrected chi connectivity index (χ2v) is 8.90. The maximum atomic E-state index is 12.7. The number of piperidine rings is 1. The van der Waals surface area contributed by atoms with E-state index in [1.807, 2.05) is 49.1 Å². The Bertz CT molecular complexity index is 1210. The Balaban J connectivity index is 1.30. The number of Topliss-reactive ketones (excluding diaryl/α,β-unsaturated/α-hetero) is 1. The molecule has 1 saturated heterocycles. The molecule has 1 aliphatic rings. The molecule has 3 aromatic rings. The van der Waals surface area contributed by atoms with Crippen molar-refractivity contribution in [1.29, 1.82) is 0 Å². The molecule has 8 nitrogen and oxygen atoms in total. The molecule has 184 valence electrons. The van der Waals surface area contributed by atoms with Gasteiger partial charge in [0, 0.05) is 43.0 Å². The summed E-state index contributed by atoms with van der Waals surface area (Å²) in [6.45, 7) is 5.22. The van der Waals surface area contributed by atoms with E-state index in [0.29, 0.717) is 41.9 Å². The molecule has 0 aliphatic carbocycles. The average molecular weight is 478 g/mol. The lowest BCUT2D eigenvalue weighted by molar-refractivity contribution is -0.132. The van der Waals surface area contributed by atoms with Crippen LogP contribution in [0.15, 0.2) is 40.9 Å². The monoisotopic (exact) mass is 477 g/mol. The number of amides is 1. The Hall–Kier alpha value is -3.68. The Labute approximate surface area is 205 Å². The number of hydrogen-bond donors (Lipinski definition) is 0. The minimum Gasteiger partial charge on any atom is -0.493 e. The first-order valence-electron chi connectivity index (χ1n) is 11.8. The van der Waals surface area contributed by atoms with Crippen LogP contribution in [0.3, 0.4) is 0 Å².